The number of fused-ring (bicyclic) bond motifs is 1. The number of benzene rings is 1. The predicted octanol–water partition coefficient (Wildman–Crippen LogP) is 4.04. The molecule has 0 N–H and O–H groups in total. The van der Waals surface area contributed by atoms with Gasteiger partial charge in [-0.25, -0.2) is 0 Å². The minimum atomic E-state index is -0.0103. The van der Waals surface area contributed by atoms with Gasteiger partial charge in [-0.2, -0.15) is 5.26 Å². The van der Waals surface area contributed by atoms with E-state index >= 15 is 0 Å². The molecule has 1 saturated carbocycles. The average molecular weight is 271 g/mol. The van der Waals surface area contributed by atoms with Crippen molar-refractivity contribution in [3.05, 3.63) is 23.8 Å². The molecule has 20 heavy (non-hydrogen) atoms. The summed E-state index contributed by atoms with van der Waals surface area (Å²) >= 11 is 0. The maximum absolute atomic E-state index is 9.61. The first-order valence-corrected chi connectivity index (χ1v) is 7.67. The molecule has 0 bridgehead atoms. The van der Waals surface area contributed by atoms with Gasteiger partial charge in [-0.05, 0) is 36.5 Å². The highest BCUT2D eigenvalue weighted by molar-refractivity contribution is 5.46. The molecule has 0 saturated heterocycles. The Morgan fingerprint density at radius 1 is 1.00 bits per heavy atom. The number of ether oxygens (including phenoxy) is 2. The van der Waals surface area contributed by atoms with Crippen LogP contribution in [0.1, 0.15) is 50.0 Å². The van der Waals surface area contributed by atoms with Gasteiger partial charge in [0.15, 0.2) is 11.5 Å². The first-order chi connectivity index (χ1) is 9.88. The second kappa shape index (κ2) is 6.17. The fourth-order valence-electron chi connectivity index (χ4n) is 3.35. The van der Waals surface area contributed by atoms with Gasteiger partial charge < -0.3 is 9.47 Å². The van der Waals surface area contributed by atoms with Crippen LogP contribution in [0, 0.1) is 17.2 Å². The van der Waals surface area contributed by atoms with Gasteiger partial charge in [-0.15, -0.1) is 0 Å². The maximum atomic E-state index is 9.61. The second-order valence-electron chi connectivity index (χ2n) is 5.76. The predicted molar refractivity (Wildman–Crippen MR) is 77.0 cm³/mol. The van der Waals surface area contributed by atoms with Crippen LogP contribution in [-0.4, -0.2) is 13.2 Å². The van der Waals surface area contributed by atoms with E-state index < -0.39 is 0 Å². The molecule has 0 amide bonds. The van der Waals surface area contributed by atoms with E-state index in [1.807, 2.05) is 18.2 Å². The quantitative estimate of drug-likeness (QED) is 0.762. The number of nitrogens with zero attached hydrogens (tertiary/aromatic N) is 1. The molecule has 1 aromatic carbocycles. The average Bonchev–Trinajstić information content (AvgIpc) is 2.77. The zero-order valence-corrected chi connectivity index (χ0v) is 11.8. The summed E-state index contributed by atoms with van der Waals surface area (Å²) in [5.41, 5.74) is 1.09. The monoisotopic (exact) mass is 271 g/mol. The Morgan fingerprint density at radius 3 is 2.40 bits per heavy atom. The van der Waals surface area contributed by atoms with Gasteiger partial charge in [0.2, 0.25) is 0 Å². The fourth-order valence-corrected chi connectivity index (χ4v) is 3.35. The largest absolute Gasteiger partial charge is 0.486 e. The standard InChI is InChI=1S/C17H21NO2/c18-12-15(13-5-3-1-2-4-6-13)14-7-8-16-17(11-14)20-10-9-19-16/h7-8,11,13,15H,1-6,9-10H2. The lowest BCUT2D eigenvalue weighted by Gasteiger charge is -2.23. The molecule has 0 radical (unpaired) electrons. The number of rotatable bonds is 2. The van der Waals surface area contributed by atoms with Gasteiger partial charge >= 0.3 is 0 Å². The van der Waals surface area contributed by atoms with Crippen LogP contribution < -0.4 is 9.47 Å². The van der Waals surface area contributed by atoms with Crippen LogP contribution in [0.3, 0.4) is 0 Å². The second-order valence-corrected chi connectivity index (χ2v) is 5.76. The lowest BCUT2D eigenvalue weighted by molar-refractivity contribution is 0.171. The van der Waals surface area contributed by atoms with Crippen molar-refractivity contribution in [1.29, 1.82) is 5.26 Å². The van der Waals surface area contributed by atoms with E-state index in [2.05, 4.69) is 6.07 Å². The number of hydrogen-bond acceptors (Lipinski definition) is 3. The minimum Gasteiger partial charge on any atom is -0.486 e. The van der Waals surface area contributed by atoms with E-state index in [0.717, 1.165) is 17.1 Å². The molecule has 1 heterocycles. The van der Waals surface area contributed by atoms with Crippen LogP contribution in [0.25, 0.3) is 0 Å². The first-order valence-electron chi connectivity index (χ1n) is 7.67. The summed E-state index contributed by atoms with van der Waals surface area (Å²) < 4.78 is 11.2. The highest BCUT2D eigenvalue weighted by Crippen LogP contribution is 2.38. The zero-order valence-electron chi connectivity index (χ0n) is 11.8. The normalized spacial score (nSPS) is 20.8. The van der Waals surface area contributed by atoms with Gasteiger partial charge in [0.25, 0.3) is 0 Å². The van der Waals surface area contributed by atoms with Crippen LogP contribution in [0.2, 0.25) is 0 Å². The molecule has 2 aliphatic rings. The lowest BCUT2D eigenvalue weighted by Crippen LogP contribution is -2.16. The Hall–Kier alpha value is -1.69. The molecule has 0 aromatic heterocycles. The van der Waals surface area contributed by atoms with E-state index in [0.29, 0.717) is 19.1 Å². The van der Waals surface area contributed by atoms with Gasteiger partial charge in [-0.3, -0.25) is 0 Å². The fraction of sp³-hybridized carbons (Fsp3) is 0.588. The van der Waals surface area contributed by atoms with Crippen LogP contribution >= 0.6 is 0 Å². The van der Waals surface area contributed by atoms with Gasteiger partial charge in [0, 0.05) is 0 Å². The van der Waals surface area contributed by atoms with Crippen LogP contribution in [0.15, 0.2) is 18.2 Å². The summed E-state index contributed by atoms with van der Waals surface area (Å²) in [5.74, 6) is 2.08. The van der Waals surface area contributed by atoms with E-state index in [9.17, 15) is 5.26 Å². The molecule has 1 atom stereocenters. The van der Waals surface area contributed by atoms with E-state index in [4.69, 9.17) is 9.47 Å². The molecule has 1 fully saturated rings. The molecule has 1 aliphatic carbocycles. The third kappa shape index (κ3) is 2.75. The maximum Gasteiger partial charge on any atom is 0.161 e. The Morgan fingerprint density at radius 2 is 1.70 bits per heavy atom. The molecule has 1 aromatic rings. The first kappa shape index (κ1) is 13.3. The summed E-state index contributed by atoms with van der Waals surface area (Å²) in [6.45, 7) is 1.20. The third-order valence-electron chi connectivity index (χ3n) is 4.44. The van der Waals surface area contributed by atoms with Crippen molar-refractivity contribution in [2.24, 2.45) is 5.92 Å². The Kier molecular flexibility index (Phi) is 4.11. The van der Waals surface area contributed by atoms with Crippen molar-refractivity contribution < 1.29 is 9.47 Å². The minimum absolute atomic E-state index is 0.0103. The summed E-state index contributed by atoms with van der Waals surface area (Å²) in [6.07, 6.45) is 7.49. The summed E-state index contributed by atoms with van der Waals surface area (Å²) in [4.78, 5) is 0. The molecule has 3 nitrogen and oxygen atoms in total. The van der Waals surface area contributed by atoms with Crippen molar-refractivity contribution in [3.8, 4) is 17.6 Å². The van der Waals surface area contributed by atoms with Gasteiger partial charge in [-0.1, -0.05) is 31.7 Å². The smallest absolute Gasteiger partial charge is 0.161 e. The molecular formula is C17H21NO2. The Bertz CT molecular complexity index is 498. The van der Waals surface area contributed by atoms with Crippen molar-refractivity contribution in [2.75, 3.05) is 13.2 Å². The highest BCUT2D eigenvalue weighted by atomic mass is 16.6. The molecular weight excluding hydrogens is 250 g/mol. The van der Waals surface area contributed by atoms with Crippen molar-refractivity contribution in [2.45, 2.75) is 44.4 Å². The Labute approximate surface area is 120 Å². The van der Waals surface area contributed by atoms with E-state index in [1.54, 1.807) is 0 Å². The summed E-state index contributed by atoms with van der Waals surface area (Å²) in [7, 11) is 0. The van der Waals surface area contributed by atoms with Crippen molar-refractivity contribution in [1.82, 2.24) is 0 Å². The van der Waals surface area contributed by atoms with Crippen LogP contribution in [0.4, 0.5) is 0 Å². The van der Waals surface area contributed by atoms with Crippen LogP contribution in [0.5, 0.6) is 11.5 Å². The molecule has 0 spiro atoms. The van der Waals surface area contributed by atoms with Crippen LogP contribution in [-0.2, 0) is 0 Å². The summed E-state index contributed by atoms with van der Waals surface area (Å²) in [5, 5.41) is 9.61. The van der Waals surface area contributed by atoms with Crippen molar-refractivity contribution in [3.63, 3.8) is 0 Å². The van der Waals surface area contributed by atoms with Gasteiger partial charge in [0.05, 0.1) is 12.0 Å². The topological polar surface area (TPSA) is 42.2 Å². The third-order valence-corrected chi connectivity index (χ3v) is 4.44. The number of nitriles is 1. The molecule has 3 rings (SSSR count). The van der Waals surface area contributed by atoms with Gasteiger partial charge in [0.1, 0.15) is 13.2 Å². The van der Waals surface area contributed by atoms with E-state index in [-0.39, 0.29) is 5.92 Å². The molecule has 106 valence electrons. The zero-order chi connectivity index (χ0) is 13.8. The SMILES string of the molecule is N#CC(c1ccc2c(c1)OCCO2)C1CCCCCC1. The molecule has 1 aliphatic heterocycles. The molecule has 3 heteroatoms. The number of hydrogen-bond donors (Lipinski definition) is 0. The Balaban J connectivity index is 1.83. The lowest BCUT2D eigenvalue weighted by atomic mass is 9.82. The summed E-state index contributed by atoms with van der Waals surface area (Å²) in [6, 6.07) is 8.52. The van der Waals surface area contributed by atoms with E-state index in [1.165, 1.54) is 38.5 Å². The highest BCUT2D eigenvalue weighted by Gasteiger charge is 2.25. The van der Waals surface area contributed by atoms with Crippen molar-refractivity contribution >= 4 is 0 Å². The molecule has 1 unspecified atom stereocenters.